The van der Waals surface area contributed by atoms with Crippen LogP contribution in [0.1, 0.15) is 18.9 Å². The van der Waals surface area contributed by atoms with Gasteiger partial charge in [-0.05, 0) is 24.0 Å². The van der Waals surface area contributed by atoms with E-state index in [0.29, 0.717) is 6.42 Å². The topological polar surface area (TPSA) is 47.6 Å². The van der Waals surface area contributed by atoms with Crippen molar-refractivity contribution in [2.75, 3.05) is 21.3 Å². The first kappa shape index (κ1) is 14.4. The molecule has 0 aliphatic rings. The van der Waals surface area contributed by atoms with E-state index >= 15 is 0 Å². The normalized spacial score (nSPS) is 11.8. The third kappa shape index (κ3) is 3.65. The monoisotopic (exact) mass is 251 g/mol. The predicted molar refractivity (Wildman–Crippen MR) is 71.1 cm³/mol. The molecule has 1 unspecified atom stereocenters. The van der Waals surface area contributed by atoms with Crippen LogP contribution >= 0.6 is 0 Å². The summed E-state index contributed by atoms with van der Waals surface area (Å²) in [4.78, 5) is 11.3. The fourth-order valence-corrected chi connectivity index (χ4v) is 1.98. The molecular weight excluding hydrogens is 230 g/mol. The van der Waals surface area contributed by atoms with Crippen molar-refractivity contribution in [3.05, 3.63) is 23.8 Å². The average Bonchev–Trinajstić information content (AvgIpc) is 2.37. The van der Waals surface area contributed by atoms with E-state index in [2.05, 4.69) is 5.32 Å². The van der Waals surface area contributed by atoms with Crippen molar-refractivity contribution in [3.63, 3.8) is 0 Å². The molecular formula is C14H21NO3. The zero-order chi connectivity index (χ0) is 13.5. The first-order valence-corrected chi connectivity index (χ1v) is 6.02. The van der Waals surface area contributed by atoms with E-state index in [4.69, 9.17) is 9.47 Å². The maximum Gasteiger partial charge on any atom is 0.220 e. The molecule has 4 nitrogen and oxygen atoms in total. The second kappa shape index (κ2) is 6.89. The maximum absolute atomic E-state index is 11.3. The number of hydrogen-bond acceptors (Lipinski definition) is 3. The van der Waals surface area contributed by atoms with E-state index < -0.39 is 0 Å². The number of carbonyl (C=O) groups excluding carboxylic acids is 1. The van der Waals surface area contributed by atoms with Crippen molar-refractivity contribution in [2.24, 2.45) is 5.92 Å². The molecule has 0 aliphatic carbocycles. The Bertz CT molecular complexity index is 404. The predicted octanol–water partition coefficient (Wildman–Crippen LogP) is 2.02. The zero-order valence-electron chi connectivity index (χ0n) is 11.4. The average molecular weight is 251 g/mol. The highest BCUT2D eigenvalue weighted by Crippen LogP contribution is 2.32. The van der Waals surface area contributed by atoms with Gasteiger partial charge in [0.05, 0.1) is 14.2 Å². The highest BCUT2D eigenvalue weighted by Gasteiger charge is 2.14. The van der Waals surface area contributed by atoms with Crippen molar-refractivity contribution >= 4 is 5.91 Å². The standard InChI is InChI=1S/C14H21NO3/c1-10(9-13(16)15-2)8-11-6-5-7-12(17-3)14(11)18-4/h5-7,10H,8-9H2,1-4H3,(H,15,16). The van der Waals surface area contributed by atoms with Gasteiger partial charge in [-0.3, -0.25) is 4.79 Å². The first-order chi connectivity index (χ1) is 8.62. The maximum atomic E-state index is 11.3. The largest absolute Gasteiger partial charge is 0.493 e. The Labute approximate surface area is 108 Å². The number of nitrogens with one attached hydrogen (secondary N) is 1. The summed E-state index contributed by atoms with van der Waals surface area (Å²) in [6.45, 7) is 2.05. The first-order valence-electron chi connectivity index (χ1n) is 6.02. The summed E-state index contributed by atoms with van der Waals surface area (Å²) in [5.74, 6) is 1.79. The Morgan fingerprint density at radius 2 is 2.06 bits per heavy atom. The number of methoxy groups -OCH3 is 2. The summed E-state index contributed by atoms with van der Waals surface area (Å²) in [6, 6.07) is 5.80. The Morgan fingerprint density at radius 1 is 1.33 bits per heavy atom. The minimum absolute atomic E-state index is 0.0596. The highest BCUT2D eigenvalue weighted by atomic mass is 16.5. The third-order valence-electron chi connectivity index (χ3n) is 2.87. The number of hydrogen-bond donors (Lipinski definition) is 1. The second-order valence-corrected chi connectivity index (χ2v) is 4.34. The van der Waals surface area contributed by atoms with E-state index in [1.165, 1.54) is 0 Å². The fraction of sp³-hybridized carbons (Fsp3) is 0.500. The van der Waals surface area contributed by atoms with Crippen LogP contribution in [0.15, 0.2) is 18.2 Å². The molecule has 0 aromatic heterocycles. The van der Waals surface area contributed by atoms with Crippen molar-refractivity contribution in [1.29, 1.82) is 0 Å². The Balaban J connectivity index is 2.80. The van der Waals surface area contributed by atoms with Gasteiger partial charge in [-0.25, -0.2) is 0 Å². The van der Waals surface area contributed by atoms with Crippen LogP contribution in [0.2, 0.25) is 0 Å². The van der Waals surface area contributed by atoms with E-state index in [-0.39, 0.29) is 11.8 Å². The van der Waals surface area contributed by atoms with Gasteiger partial charge in [0.1, 0.15) is 0 Å². The van der Waals surface area contributed by atoms with Gasteiger partial charge >= 0.3 is 0 Å². The summed E-state index contributed by atoms with van der Waals surface area (Å²) < 4.78 is 10.6. The van der Waals surface area contributed by atoms with Crippen molar-refractivity contribution in [2.45, 2.75) is 19.8 Å². The van der Waals surface area contributed by atoms with E-state index in [1.807, 2.05) is 25.1 Å². The molecule has 1 amide bonds. The van der Waals surface area contributed by atoms with Crippen LogP contribution in [0.3, 0.4) is 0 Å². The molecule has 1 atom stereocenters. The van der Waals surface area contributed by atoms with Crippen LogP contribution in [0.5, 0.6) is 11.5 Å². The van der Waals surface area contributed by atoms with Crippen molar-refractivity contribution < 1.29 is 14.3 Å². The van der Waals surface area contributed by atoms with E-state index in [9.17, 15) is 4.79 Å². The van der Waals surface area contributed by atoms with Crippen molar-refractivity contribution in [3.8, 4) is 11.5 Å². The molecule has 1 N–H and O–H groups in total. The summed E-state index contributed by atoms with van der Waals surface area (Å²) in [5.41, 5.74) is 1.06. The lowest BCUT2D eigenvalue weighted by atomic mass is 9.97. The minimum Gasteiger partial charge on any atom is -0.493 e. The second-order valence-electron chi connectivity index (χ2n) is 4.34. The molecule has 100 valence electrons. The lowest BCUT2D eigenvalue weighted by Gasteiger charge is -2.15. The van der Waals surface area contributed by atoms with Gasteiger partial charge in [-0.2, -0.15) is 0 Å². The molecule has 0 heterocycles. The fourth-order valence-electron chi connectivity index (χ4n) is 1.98. The molecule has 0 saturated carbocycles. The van der Waals surface area contributed by atoms with Gasteiger partial charge in [0, 0.05) is 13.5 Å². The minimum atomic E-state index is 0.0596. The highest BCUT2D eigenvalue weighted by molar-refractivity contribution is 5.75. The van der Waals surface area contributed by atoms with Crippen molar-refractivity contribution in [1.82, 2.24) is 5.32 Å². The van der Waals surface area contributed by atoms with Crippen LogP contribution in [0, 0.1) is 5.92 Å². The molecule has 1 aromatic rings. The summed E-state index contributed by atoms with van der Waals surface area (Å²) in [7, 11) is 4.90. The van der Waals surface area contributed by atoms with Gasteiger partial charge in [-0.15, -0.1) is 0 Å². The number of amides is 1. The molecule has 18 heavy (non-hydrogen) atoms. The Hall–Kier alpha value is -1.71. The number of para-hydroxylation sites is 1. The molecule has 1 rings (SSSR count). The van der Waals surface area contributed by atoms with Crippen LogP contribution in [0.25, 0.3) is 0 Å². The number of ether oxygens (including phenoxy) is 2. The zero-order valence-corrected chi connectivity index (χ0v) is 11.4. The van der Waals surface area contributed by atoms with Crippen LogP contribution in [-0.2, 0) is 11.2 Å². The summed E-state index contributed by atoms with van der Waals surface area (Å²) in [6.07, 6.45) is 1.30. The smallest absolute Gasteiger partial charge is 0.220 e. The molecule has 0 saturated heterocycles. The van der Waals surface area contributed by atoms with E-state index in [0.717, 1.165) is 23.5 Å². The van der Waals surface area contributed by atoms with Crippen LogP contribution in [-0.4, -0.2) is 27.2 Å². The molecule has 0 aliphatic heterocycles. The van der Waals surface area contributed by atoms with Gasteiger partial charge in [-0.1, -0.05) is 19.1 Å². The Kier molecular flexibility index (Phi) is 5.49. The van der Waals surface area contributed by atoms with Crippen LogP contribution in [0.4, 0.5) is 0 Å². The van der Waals surface area contributed by atoms with E-state index in [1.54, 1.807) is 21.3 Å². The number of benzene rings is 1. The third-order valence-corrected chi connectivity index (χ3v) is 2.87. The van der Waals surface area contributed by atoms with Gasteiger partial charge in [0.15, 0.2) is 11.5 Å². The Morgan fingerprint density at radius 3 is 2.61 bits per heavy atom. The number of carbonyl (C=O) groups is 1. The number of rotatable bonds is 6. The van der Waals surface area contributed by atoms with Crippen LogP contribution < -0.4 is 14.8 Å². The molecule has 0 bridgehead atoms. The van der Waals surface area contributed by atoms with Gasteiger partial charge in [0.2, 0.25) is 5.91 Å². The summed E-state index contributed by atoms with van der Waals surface area (Å²) in [5, 5.41) is 2.64. The SMILES string of the molecule is CNC(=O)CC(C)Cc1cccc(OC)c1OC. The molecule has 4 heteroatoms. The molecule has 0 radical (unpaired) electrons. The summed E-state index contributed by atoms with van der Waals surface area (Å²) >= 11 is 0. The van der Waals surface area contributed by atoms with Gasteiger partial charge in [0.25, 0.3) is 0 Å². The lowest BCUT2D eigenvalue weighted by Crippen LogP contribution is -2.21. The lowest BCUT2D eigenvalue weighted by molar-refractivity contribution is -0.121. The molecule has 0 fully saturated rings. The molecule has 1 aromatic carbocycles. The quantitative estimate of drug-likeness (QED) is 0.841. The van der Waals surface area contributed by atoms with Gasteiger partial charge < -0.3 is 14.8 Å². The molecule has 0 spiro atoms.